The van der Waals surface area contributed by atoms with Crippen LogP contribution in [0.5, 0.6) is 0 Å². The maximum atomic E-state index is 11.8. The van der Waals surface area contributed by atoms with Crippen molar-refractivity contribution >= 4 is 11.7 Å². The van der Waals surface area contributed by atoms with Gasteiger partial charge < -0.3 is 10.6 Å². The van der Waals surface area contributed by atoms with Crippen LogP contribution >= 0.6 is 0 Å². The number of amides is 1. The summed E-state index contributed by atoms with van der Waals surface area (Å²) in [6.45, 7) is 5.59. The standard InChI is InChI=1S/C12H18N4O/c1-7-6-11(15-9(3)13-7)14-8(2)12(17)16-10-4-5-10/h6,8,10H,4-5H2,1-3H3,(H,16,17)(H,13,14,15). The van der Waals surface area contributed by atoms with Crippen molar-refractivity contribution < 1.29 is 4.79 Å². The van der Waals surface area contributed by atoms with E-state index in [0.717, 1.165) is 18.5 Å². The molecule has 1 aliphatic rings. The topological polar surface area (TPSA) is 66.9 Å². The van der Waals surface area contributed by atoms with Crippen molar-refractivity contribution in [2.75, 3.05) is 5.32 Å². The Balaban J connectivity index is 1.96. The molecule has 1 aliphatic carbocycles. The zero-order valence-corrected chi connectivity index (χ0v) is 10.4. The van der Waals surface area contributed by atoms with Crippen molar-refractivity contribution in [3.05, 3.63) is 17.6 Å². The summed E-state index contributed by atoms with van der Waals surface area (Å²) < 4.78 is 0. The van der Waals surface area contributed by atoms with E-state index in [0.29, 0.717) is 17.7 Å². The summed E-state index contributed by atoms with van der Waals surface area (Å²) in [5.41, 5.74) is 0.898. The number of carbonyl (C=O) groups is 1. The first-order valence-corrected chi connectivity index (χ1v) is 5.94. The molecule has 0 radical (unpaired) electrons. The molecule has 0 bridgehead atoms. The molecule has 2 N–H and O–H groups in total. The smallest absolute Gasteiger partial charge is 0.242 e. The number of aromatic nitrogens is 2. The summed E-state index contributed by atoms with van der Waals surface area (Å²) >= 11 is 0. The second-order valence-corrected chi connectivity index (χ2v) is 4.59. The van der Waals surface area contributed by atoms with Gasteiger partial charge in [-0.2, -0.15) is 0 Å². The Labute approximate surface area is 101 Å². The van der Waals surface area contributed by atoms with Crippen LogP contribution in [-0.4, -0.2) is 28.0 Å². The first-order valence-electron chi connectivity index (χ1n) is 5.94. The molecule has 1 heterocycles. The summed E-state index contributed by atoms with van der Waals surface area (Å²) in [5, 5.41) is 6.05. The quantitative estimate of drug-likeness (QED) is 0.820. The predicted octanol–water partition coefficient (Wildman–Crippen LogP) is 1.17. The number of carbonyl (C=O) groups excluding carboxylic acids is 1. The van der Waals surface area contributed by atoms with Gasteiger partial charge in [0.1, 0.15) is 17.7 Å². The number of anilines is 1. The third-order valence-corrected chi connectivity index (χ3v) is 2.65. The zero-order chi connectivity index (χ0) is 12.4. The Hall–Kier alpha value is -1.65. The van der Waals surface area contributed by atoms with Crippen LogP contribution < -0.4 is 10.6 Å². The highest BCUT2D eigenvalue weighted by atomic mass is 16.2. The molecule has 17 heavy (non-hydrogen) atoms. The van der Waals surface area contributed by atoms with Crippen LogP contribution in [-0.2, 0) is 4.79 Å². The van der Waals surface area contributed by atoms with Crippen molar-refractivity contribution in [1.82, 2.24) is 15.3 Å². The van der Waals surface area contributed by atoms with E-state index in [4.69, 9.17) is 0 Å². The number of aryl methyl sites for hydroxylation is 2. The minimum Gasteiger partial charge on any atom is -0.359 e. The van der Waals surface area contributed by atoms with E-state index in [-0.39, 0.29) is 11.9 Å². The summed E-state index contributed by atoms with van der Waals surface area (Å²) in [5.74, 6) is 1.44. The Morgan fingerprint density at radius 3 is 2.71 bits per heavy atom. The minimum absolute atomic E-state index is 0.0291. The van der Waals surface area contributed by atoms with Gasteiger partial charge in [0.25, 0.3) is 0 Å². The minimum atomic E-state index is -0.274. The summed E-state index contributed by atoms with van der Waals surface area (Å²) in [6, 6.07) is 1.96. The van der Waals surface area contributed by atoms with E-state index in [1.165, 1.54) is 0 Å². The monoisotopic (exact) mass is 234 g/mol. The molecule has 1 aromatic heterocycles. The van der Waals surface area contributed by atoms with Crippen LogP contribution in [0.25, 0.3) is 0 Å². The van der Waals surface area contributed by atoms with Gasteiger partial charge in [0.05, 0.1) is 0 Å². The van der Waals surface area contributed by atoms with Crippen molar-refractivity contribution in [2.45, 2.75) is 45.7 Å². The fourth-order valence-corrected chi connectivity index (χ4v) is 1.63. The lowest BCUT2D eigenvalue weighted by Crippen LogP contribution is -2.38. The van der Waals surface area contributed by atoms with Gasteiger partial charge in [0.2, 0.25) is 5.91 Å². The molecule has 92 valence electrons. The molecule has 0 aromatic carbocycles. The van der Waals surface area contributed by atoms with Crippen molar-refractivity contribution in [3.8, 4) is 0 Å². The molecule has 1 fully saturated rings. The van der Waals surface area contributed by atoms with Gasteiger partial charge in [-0.3, -0.25) is 4.79 Å². The molecule has 1 aromatic rings. The molecule has 0 aliphatic heterocycles. The fraction of sp³-hybridized carbons (Fsp3) is 0.583. The van der Waals surface area contributed by atoms with Gasteiger partial charge in [0.15, 0.2) is 0 Å². The maximum absolute atomic E-state index is 11.8. The highest BCUT2D eigenvalue weighted by Crippen LogP contribution is 2.18. The zero-order valence-electron chi connectivity index (χ0n) is 10.4. The van der Waals surface area contributed by atoms with Gasteiger partial charge in [-0.1, -0.05) is 0 Å². The molecular weight excluding hydrogens is 216 g/mol. The molecule has 2 rings (SSSR count). The fourth-order valence-electron chi connectivity index (χ4n) is 1.63. The molecule has 5 nitrogen and oxygen atoms in total. The molecule has 0 saturated heterocycles. The van der Waals surface area contributed by atoms with Crippen molar-refractivity contribution in [3.63, 3.8) is 0 Å². The lowest BCUT2D eigenvalue weighted by atomic mass is 10.3. The molecule has 1 atom stereocenters. The molecule has 0 spiro atoms. The van der Waals surface area contributed by atoms with Crippen LogP contribution in [0.15, 0.2) is 6.07 Å². The van der Waals surface area contributed by atoms with E-state index < -0.39 is 0 Å². The van der Waals surface area contributed by atoms with E-state index >= 15 is 0 Å². The molecule has 1 amide bonds. The Morgan fingerprint density at radius 1 is 1.41 bits per heavy atom. The average Bonchev–Trinajstić information content (AvgIpc) is 2.99. The summed E-state index contributed by atoms with van der Waals surface area (Å²) in [4.78, 5) is 20.2. The number of rotatable bonds is 4. The van der Waals surface area contributed by atoms with Gasteiger partial charge in [-0.15, -0.1) is 0 Å². The van der Waals surface area contributed by atoms with Gasteiger partial charge in [0, 0.05) is 17.8 Å². The van der Waals surface area contributed by atoms with Crippen molar-refractivity contribution in [2.24, 2.45) is 0 Å². The van der Waals surface area contributed by atoms with Crippen LogP contribution in [0.3, 0.4) is 0 Å². The van der Waals surface area contributed by atoms with E-state index in [9.17, 15) is 4.79 Å². The Bertz CT molecular complexity index is 408. The normalized spacial score (nSPS) is 16.4. The van der Waals surface area contributed by atoms with Crippen LogP contribution in [0.4, 0.5) is 5.82 Å². The predicted molar refractivity (Wildman–Crippen MR) is 65.8 cm³/mol. The van der Waals surface area contributed by atoms with Gasteiger partial charge in [-0.05, 0) is 33.6 Å². The highest BCUT2D eigenvalue weighted by molar-refractivity contribution is 5.84. The second-order valence-electron chi connectivity index (χ2n) is 4.59. The van der Waals surface area contributed by atoms with Crippen LogP contribution in [0.1, 0.15) is 31.3 Å². The van der Waals surface area contributed by atoms with E-state index in [1.807, 2.05) is 26.8 Å². The maximum Gasteiger partial charge on any atom is 0.242 e. The first kappa shape index (κ1) is 11.8. The van der Waals surface area contributed by atoms with Gasteiger partial charge >= 0.3 is 0 Å². The number of hydrogen-bond donors (Lipinski definition) is 2. The van der Waals surface area contributed by atoms with Crippen molar-refractivity contribution in [1.29, 1.82) is 0 Å². The lowest BCUT2D eigenvalue weighted by molar-refractivity contribution is -0.121. The number of nitrogens with one attached hydrogen (secondary N) is 2. The van der Waals surface area contributed by atoms with Gasteiger partial charge in [-0.25, -0.2) is 9.97 Å². The SMILES string of the molecule is Cc1cc(NC(C)C(=O)NC2CC2)nc(C)n1. The lowest BCUT2D eigenvalue weighted by Gasteiger charge is -2.14. The highest BCUT2D eigenvalue weighted by Gasteiger charge is 2.25. The molecule has 5 heteroatoms. The largest absolute Gasteiger partial charge is 0.359 e. The van der Waals surface area contributed by atoms with E-state index in [1.54, 1.807) is 0 Å². The molecule has 1 saturated carbocycles. The van der Waals surface area contributed by atoms with Crippen LogP contribution in [0, 0.1) is 13.8 Å². The Kier molecular flexibility index (Phi) is 3.26. The Morgan fingerprint density at radius 2 is 2.12 bits per heavy atom. The first-order chi connectivity index (χ1) is 8.04. The summed E-state index contributed by atoms with van der Waals surface area (Å²) in [6.07, 6.45) is 2.20. The third-order valence-electron chi connectivity index (χ3n) is 2.65. The molecule has 1 unspecified atom stereocenters. The summed E-state index contributed by atoms with van der Waals surface area (Å²) in [7, 11) is 0. The second kappa shape index (κ2) is 4.69. The number of hydrogen-bond acceptors (Lipinski definition) is 4. The average molecular weight is 234 g/mol. The third kappa shape index (κ3) is 3.41. The van der Waals surface area contributed by atoms with E-state index in [2.05, 4.69) is 20.6 Å². The molecular formula is C12H18N4O. The number of nitrogens with zero attached hydrogens (tertiary/aromatic N) is 2. The van der Waals surface area contributed by atoms with Crippen LogP contribution in [0.2, 0.25) is 0 Å².